The van der Waals surface area contributed by atoms with Gasteiger partial charge in [-0.25, -0.2) is 18.6 Å². The molecule has 3 aromatic carbocycles. The smallest absolute Gasteiger partial charge is 0.416 e. The fraction of sp³-hybridized carbons (Fsp3) is 0.154. The number of hydrogen-bond acceptors (Lipinski definition) is 6. The minimum atomic E-state index is -4.68. The Morgan fingerprint density at radius 1 is 1.02 bits per heavy atom. The van der Waals surface area contributed by atoms with E-state index >= 15 is 0 Å². The van der Waals surface area contributed by atoms with Gasteiger partial charge in [0.15, 0.2) is 0 Å². The Kier molecular flexibility index (Phi) is 7.85. The van der Waals surface area contributed by atoms with Gasteiger partial charge in [0.25, 0.3) is 11.5 Å². The predicted molar refractivity (Wildman–Crippen MR) is 145 cm³/mol. The van der Waals surface area contributed by atoms with Crippen LogP contribution in [0.4, 0.5) is 13.2 Å². The lowest BCUT2D eigenvalue weighted by atomic mass is 10.0. The Morgan fingerprint density at radius 2 is 1.69 bits per heavy atom. The third-order valence-corrected chi connectivity index (χ3v) is 8.76. The number of nitrogens with zero attached hydrogens (tertiary/aromatic N) is 2. The van der Waals surface area contributed by atoms with Crippen LogP contribution in [-0.4, -0.2) is 40.2 Å². The van der Waals surface area contributed by atoms with Crippen LogP contribution in [0.3, 0.4) is 0 Å². The summed E-state index contributed by atoms with van der Waals surface area (Å²) in [5.41, 5.74) is -0.986. The monoisotopic (exact) mass is 642 g/mol. The number of rotatable bonds is 6. The summed E-state index contributed by atoms with van der Waals surface area (Å²) in [6.07, 6.45) is -4.76. The number of hydrogen-bond donors (Lipinski definition) is 3. The number of amides is 1. The molecule has 0 radical (unpaired) electrons. The van der Waals surface area contributed by atoms with E-state index in [4.69, 9.17) is 27.9 Å². The maximum Gasteiger partial charge on any atom is 0.416 e. The first kappa shape index (κ1) is 29.7. The van der Waals surface area contributed by atoms with E-state index in [2.05, 4.69) is 5.10 Å². The molecule has 0 aliphatic carbocycles. The third kappa shape index (κ3) is 5.63. The summed E-state index contributed by atoms with van der Waals surface area (Å²) >= 11 is 12.0. The molecule has 1 atom stereocenters. The van der Waals surface area contributed by atoms with Gasteiger partial charge in [-0.15, -0.1) is 0 Å². The molecule has 16 heteroatoms. The highest BCUT2D eigenvalue weighted by Gasteiger charge is 2.44. The molecule has 0 spiro atoms. The van der Waals surface area contributed by atoms with Crippen molar-refractivity contribution in [2.75, 3.05) is 6.54 Å². The maximum absolute atomic E-state index is 13.7. The number of alkyl halides is 3. The number of halogens is 5. The summed E-state index contributed by atoms with van der Waals surface area (Å²) in [7, 11) is -4.46. The molecule has 4 aromatic rings. The number of sulfonamides is 1. The summed E-state index contributed by atoms with van der Waals surface area (Å²) in [6, 6.07) is 11.8. The van der Waals surface area contributed by atoms with Crippen LogP contribution in [0.1, 0.15) is 22.9 Å². The van der Waals surface area contributed by atoms with Crippen molar-refractivity contribution in [1.82, 2.24) is 19.6 Å². The lowest BCUT2D eigenvalue weighted by Crippen LogP contribution is -2.48. The van der Waals surface area contributed by atoms with E-state index in [0.29, 0.717) is 15.8 Å². The quantitative estimate of drug-likeness (QED) is 0.198. The van der Waals surface area contributed by atoms with Crippen LogP contribution in [0.25, 0.3) is 5.69 Å². The van der Waals surface area contributed by atoms with Gasteiger partial charge in [0.05, 0.1) is 21.7 Å². The zero-order valence-electron chi connectivity index (χ0n) is 21.0. The number of fused-ring (bicyclic) bond motifs is 1. The summed E-state index contributed by atoms with van der Waals surface area (Å²) in [6.45, 7) is -0.296. The molecule has 1 amide bonds. The topological polar surface area (TPSA) is 134 Å². The third-order valence-electron chi connectivity index (χ3n) is 6.44. The second kappa shape index (κ2) is 11.1. The van der Waals surface area contributed by atoms with Crippen LogP contribution >= 0.6 is 23.2 Å². The van der Waals surface area contributed by atoms with Crippen molar-refractivity contribution in [2.24, 2.45) is 0 Å². The molecule has 1 aliphatic heterocycles. The molecule has 3 N–H and O–H groups in total. The molecule has 2 heterocycles. The van der Waals surface area contributed by atoms with Crippen molar-refractivity contribution < 1.29 is 36.3 Å². The first-order chi connectivity index (χ1) is 19.8. The fourth-order valence-corrected chi connectivity index (χ4v) is 6.65. The van der Waals surface area contributed by atoms with Crippen LogP contribution in [0.2, 0.25) is 10.0 Å². The van der Waals surface area contributed by atoms with E-state index in [9.17, 15) is 36.4 Å². The van der Waals surface area contributed by atoms with Crippen LogP contribution < -0.4 is 15.8 Å². The lowest BCUT2D eigenvalue weighted by Gasteiger charge is -2.32. The Balaban J connectivity index is 1.50. The van der Waals surface area contributed by atoms with Crippen molar-refractivity contribution in [2.45, 2.75) is 23.5 Å². The molecule has 1 aliphatic rings. The number of carbonyl (C=O) groups is 1. The largest absolute Gasteiger partial charge is 0.457 e. The molecule has 0 saturated heterocycles. The van der Waals surface area contributed by atoms with Crippen LogP contribution in [0, 0.1) is 0 Å². The molecule has 42 heavy (non-hydrogen) atoms. The van der Waals surface area contributed by atoms with Crippen molar-refractivity contribution in [3.8, 4) is 17.2 Å². The predicted octanol–water partition coefficient (Wildman–Crippen LogP) is 5.08. The second-order valence-electron chi connectivity index (χ2n) is 9.12. The molecule has 10 nitrogen and oxygen atoms in total. The Labute approximate surface area is 245 Å². The molecular formula is C26H19Cl2F3N4O6S. The SMILES string of the molecule is O=C(NO)C1c2c([nH]n(-c3cccc(C(F)(F)F)c3)c2=O)CCN1S(=O)(=O)c1ccc(Oc2cc(Cl)cc(Cl)c2)cc1. The van der Waals surface area contributed by atoms with Gasteiger partial charge in [-0.1, -0.05) is 29.3 Å². The zero-order chi connectivity index (χ0) is 30.4. The van der Waals surface area contributed by atoms with Gasteiger partial charge in [0.2, 0.25) is 10.0 Å². The minimum absolute atomic E-state index is 0.0817. The van der Waals surface area contributed by atoms with Crippen molar-refractivity contribution >= 4 is 39.1 Å². The molecule has 220 valence electrons. The number of H-pyrrole nitrogens is 1. The van der Waals surface area contributed by atoms with Gasteiger partial charge in [0, 0.05) is 28.7 Å². The second-order valence-corrected chi connectivity index (χ2v) is 11.9. The number of ether oxygens (including phenoxy) is 1. The highest BCUT2D eigenvalue weighted by molar-refractivity contribution is 7.89. The van der Waals surface area contributed by atoms with Gasteiger partial charge in [0.1, 0.15) is 17.5 Å². The van der Waals surface area contributed by atoms with Gasteiger partial charge in [-0.3, -0.25) is 19.9 Å². The average Bonchev–Trinajstić information content (AvgIpc) is 3.28. The van der Waals surface area contributed by atoms with Crippen molar-refractivity contribution in [1.29, 1.82) is 0 Å². The normalized spacial score (nSPS) is 15.7. The van der Waals surface area contributed by atoms with Gasteiger partial charge < -0.3 is 4.74 Å². The maximum atomic E-state index is 13.7. The highest BCUT2D eigenvalue weighted by atomic mass is 35.5. The number of hydroxylamine groups is 1. The number of carbonyl (C=O) groups excluding carboxylic acids is 1. The van der Waals surface area contributed by atoms with Crippen molar-refractivity contribution in [3.05, 3.63) is 104 Å². The van der Waals surface area contributed by atoms with E-state index in [1.165, 1.54) is 54.0 Å². The molecule has 5 rings (SSSR count). The molecule has 1 aromatic heterocycles. The van der Waals surface area contributed by atoms with Gasteiger partial charge in [-0.05, 0) is 60.7 Å². The van der Waals surface area contributed by atoms with Gasteiger partial charge in [-0.2, -0.15) is 17.5 Å². The molecule has 0 bridgehead atoms. The molecule has 0 saturated carbocycles. The Morgan fingerprint density at radius 3 is 2.31 bits per heavy atom. The van der Waals surface area contributed by atoms with Gasteiger partial charge >= 0.3 is 6.18 Å². The molecular weight excluding hydrogens is 624 g/mol. The molecule has 1 unspecified atom stereocenters. The number of aromatic nitrogens is 2. The lowest BCUT2D eigenvalue weighted by molar-refractivity contribution is -0.137. The number of benzene rings is 3. The summed E-state index contributed by atoms with van der Waals surface area (Å²) < 4.78 is 74.3. The first-order valence-electron chi connectivity index (χ1n) is 12.0. The fourth-order valence-electron chi connectivity index (χ4n) is 4.59. The average molecular weight is 643 g/mol. The minimum Gasteiger partial charge on any atom is -0.457 e. The number of aromatic amines is 1. The van der Waals surface area contributed by atoms with Crippen LogP contribution in [0.15, 0.2) is 76.4 Å². The zero-order valence-corrected chi connectivity index (χ0v) is 23.4. The standard InChI is InChI=1S/C26H19Cl2F3N4O6S/c27-15-11-16(28)13-19(12-15)41-18-4-6-20(7-5-18)42(39,40)34-9-8-21-22(23(34)24(36)33-38)25(37)35(32-21)17-3-1-2-14(10-17)26(29,30)31/h1-7,10-13,23,32,38H,8-9H2,(H,33,36). The summed E-state index contributed by atoms with van der Waals surface area (Å²) in [4.78, 5) is 25.9. The Bertz CT molecular complexity index is 1820. The van der Waals surface area contributed by atoms with E-state index < -0.39 is 39.3 Å². The summed E-state index contributed by atoms with van der Waals surface area (Å²) in [5.74, 6) is -0.687. The van der Waals surface area contributed by atoms with E-state index in [1.54, 1.807) is 0 Å². The van der Waals surface area contributed by atoms with E-state index in [0.717, 1.165) is 27.2 Å². The summed E-state index contributed by atoms with van der Waals surface area (Å²) in [5, 5.41) is 12.7. The first-order valence-corrected chi connectivity index (χ1v) is 14.2. The van der Waals surface area contributed by atoms with Crippen LogP contribution in [-0.2, 0) is 27.4 Å². The molecule has 0 fully saturated rings. The van der Waals surface area contributed by atoms with E-state index in [-0.39, 0.29) is 40.6 Å². The Hall–Kier alpha value is -3.82. The van der Waals surface area contributed by atoms with Crippen molar-refractivity contribution in [3.63, 3.8) is 0 Å². The van der Waals surface area contributed by atoms with Crippen LogP contribution in [0.5, 0.6) is 11.5 Å². The highest BCUT2D eigenvalue weighted by Crippen LogP contribution is 2.35. The number of nitrogens with one attached hydrogen (secondary N) is 2. The van der Waals surface area contributed by atoms with E-state index in [1.807, 2.05) is 0 Å².